The Bertz CT molecular complexity index is 1280. The summed E-state index contributed by atoms with van der Waals surface area (Å²) in [5, 5.41) is 23.7. The molecule has 0 unspecified atom stereocenters. The average Bonchev–Trinajstić information content (AvgIpc) is 3.13. The molecule has 3 aromatic rings. The highest BCUT2D eigenvalue weighted by atomic mass is 16.3. The van der Waals surface area contributed by atoms with Gasteiger partial charge in [-0.15, -0.1) is 0 Å². The highest BCUT2D eigenvalue weighted by molar-refractivity contribution is 6.17. The molecule has 4 rings (SSSR count). The van der Waals surface area contributed by atoms with Crippen LogP contribution in [0.25, 0.3) is 11.1 Å². The zero-order valence-electron chi connectivity index (χ0n) is 16.3. The maximum Gasteiger partial charge on any atom is 0.250 e. The van der Waals surface area contributed by atoms with Crippen molar-refractivity contribution < 1.29 is 9.90 Å². The lowest BCUT2D eigenvalue weighted by atomic mass is 9.96. The summed E-state index contributed by atoms with van der Waals surface area (Å²) in [4.78, 5) is 17.4. The molecule has 1 fully saturated rings. The summed E-state index contributed by atoms with van der Waals surface area (Å²) >= 11 is 0. The van der Waals surface area contributed by atoms with Crippen molar-refractivity contribution in [2.75, 3.05) is 18.0 Å². The molecular formula is C22H18N6O2. The number of nitriles is 1. The molecule has 148 valence electrons. The fraction of sp³-hybridized carbons (Fsp3) is 0.182. The van der Waals surface area contributed by atoms with Gasteiger partial charge >= 0.3 is 0 Å². The summed E-state index contributed by atoms with van der Waals surface area (Å²) in [6.07, 6.45) is 4.86. The molecule has 0 aliphatic carbocycles. The highest BCUT2D eigenvalue weighted by Gasteiger charge is 2.37. The van der Waals surface area contributed by atoms with Gasteiger partial charge in [-0.3, -0.25) is 9.78 Å². The number of β-amino-alcohol motifs (C(OH)–C–C–N with tert-alkyl or cyclic N) is 1. The van der Waals surface area contributed by atoms with Crippen molar-refractivity contribution in [2.24, 2.45) is 5.73 Å². The molecule has 30 heavy (non-hydrogen) atoms. The van der Waals surface area contributed by atoms with Crippen molar-refractivity contribution in [3.05, 3.63) is 65.8 Å². The van der Waals surface area contributed by atoms with E-state index in [2.05, 4.69) is 34.6 Å². The van der Waals surface area contributed by atoms with Crippen LogP contribution in [0, 0.1) is 23.2 Å². The molecule has 0 aromatic carbocycles. The molecule has 0 saturated carbocycles. The van der Waals surface area contributed by atoms with Crippen LogP contribution in [0.1, 0.15) is 29.3 Å². The second-order valence-electron chi connectivity index (χ2n) is 7.45. The van der Waals surface area contributed by atoms with E-state index >= 15 is 0 Å². The quantitative estimate of drug-likeness (QED) is 0.503. The maximum absolute atomic E-state index is 11.2. The van der Waals surface area contributed by atoms with E-state index in [1.54, 1.807) is 23.6 Å². The number of anilines is 1. The monoisotopic (exact) mass is 398 g/mol. The molecule has 0 atom stereocenters. The number of carbonyl (C=O) groups excluding carboxylic acids is 1. The van der Waals surface area contributed by atoms with E-state index in [0.29, 0.717) is 41.0 Å². The Morgan fingerprint density at radius 1 is 1.30 bits per heavy atom. The van der Waals surface area contributed by atoms with Crippen molar-refractivity contribution in [3.8, 4) is 17.9 Å². The number of nitrogens with two attached hydrogens (primary N) is 1. The Balaban J connectivity index is 1.72. The van der Waals surface area contributed by atoms with Crippen molar-refractivity contribution in [1.82, 2.24) is 14.6 Å². The number of amides is 1. The lowest BCUT2D eigenvalue weighted by Gasteiger charge is -2.45. The molecular weight excluding hydrogens is 380 g/mol. The molecule has 3 aromatic heterocycles. The van der Waals surface area contributed by atoms with Gasteiger partial charge in [0.2, 0.25) is 5.91 Å². The number of fused-ring (bicyclic) bond motifs is 1. The minimum atomic E-state index is -0.717. The number of rotatable bonds is 3. The smallest absolute Gasteiger partial charge is 0.250 e. The van der Waals surface area contributed by atoms with Gasteiger partial charge < -0.3 is 15.7 Å². The molecule has 1 saturated heterocycles. The van der Waals surface area contributed by atoms with Crippen LogP contribution in [0.15, 0.2) is 43.4 Å². The van der Waals surface area contributed by atoms with Crippen LogP contribution < -0.4 is 10.6 Å². The van der Waals surface area contributed by atoms with Gasteiger partial charge in [0.05, 0.1) is 51.6 Å². The number of aliphatic hydroxyl groups is 1. The molecule has 8 nitrogen and oxygen atoms in total. The average molecular weight is 398 g/mol. The first kappa shape index (κ1) is 19.2. The van der Waals surface area contributed by atoms with E-state index in [0.717, 1.165) is 5.69 Å². The van der Waals surface area contributed by atoms with Crippen LogP contribution in [0.2, 0.25) is 0 Å². The van der Waals surface area contributed by atoms with E-state index < -0.39 is 11.5 Å². The van der Waals surface area contributed by atoms with Crippen LogP contribution in [-0.2, 0) is 4.79 Å². The summed E-state index contributed by atoms with van der Waals surface area (Å²) in [6, 6.07) is 7.37. The standard InChI is InChI=1S/C22H18N6O2/c1-14(21(24)29)19-6-4-15(9-25-19)3-5-16-7-18(27-12-22(2,30)13-27)11-28-20(16)17(8-23)10-26-28/h4,6-7,9-11,30H,1,12-13H2,2H3,(H2,24,29). The Labute approximate surface area is 172 Å². The van der Waals surface area contributed by atoms with Crippen LogP contribution in [-0.4, -0.2) is 44.3 Å². The van der Waals surface area contributed by atoms with Gasteiger partial charge in [-0.2, -0.15) is 10.4 Å². The summed E-state index contributed by atoms with van der Waals surface area (Å²) in [6.45, 7) is 6.41. The normalized spacial score (nSPS) is 14.4. The van der Waals surface area contributed by atoms with Crippen molar-refractivity contribution in [2.45, 2.75) is 12.5 Å². The van der Waals surface area contributed by atoms with Crippen LogP contribution >= 0.6 is 0 Å². The SMILES string of the molecule is C=C(C(N)=O)c1ccc(C#Cc2cc(N3CC(C)(O)C3)cn3ncc(C#N)c23)cn1. The zero-order valence-corrected chi connectivity index (χ0v) is 16.3. The summed E-state index contributed by atoms with van der Waals surface area (Å²) < 4.78 is 1.63. The molecule has 1 aliphatic rings. The number of primary amides is 1. The van der Waals surface area contributed by atoms with Gasteiger partial charge in [0, 0.05) is 24.8 Å². The number of carbonyl (C=O) groups is 1. The van der Waals surface area contributed by atoms with Crippen molar-refractivity contribution in [3.63, 3.8) is 0 Å². The third-order valence-corrected chi connectivity index (χ3v) is 4.86. The Morgan fingerprint density at radius 2 is 2.07 bits per heavy atom. The summed E-state index contributed by atoms with van der Waals surface area (Å²) in [5.74, 6) is 5.50. The van der Waals surface area contributed by atoms with E-state index in [1.165, 1.54) is 12.4 Å². The van der Waals surface area contributed by atoms with Crippen molar-refractivity contribution >= 4 is 22.7 Å². The van der Waals surface area contributed by atoms with E-state index in [4.69, 9.17) is 5.73 Å². The minimum Gasteiger partial charge on any atom is -0.386 e. The zero-order chi connectivity index (χ0) is 21.5. The predicted octanol–water partition coefficient (Wildman–Crippen LogP) is 1.07. The summed E-state index contributed by atoms with van der Waals surface area (Å²) in [5.41, 5.74) is 8.20. The third-order valence-electron chi connectivity index (χ3n) is 4.86. The van der Waals surface area contributed by atoms with Gasteiger partial charge in [-0.05, 0) is 25.1 Å². The Morgan fingerprint density at radius 3 is 2.67 bits per heavy atom. The van der Waals surface area contributed by atoms with Gasteiger partial charge in [0.15, 0.2) is 0 Å². The van der Waals surface area contributed by atoms with Gasteiger partial charge in [0.1, 0.15) is 6.07 Å². The van der Waals surface area contributed by atoms with Crippen LogP contribution in [0.4, 0.5) is 5.69 Å². The van der Waals surface area contributed by atoms with E-state index in [-0.39, 0.29) is 5.57 Å². The Kier molecular flexibility index (Phi) is 4.50. The highest BCUT2D eigenvalue weighted by Crippen LogP contribution is 2.29. The first-order valence-corrected chi connectivity index (χ1v) is 9.13. The second-order valence-corrected chi connectivity index (χ2v) is 7.45. The van der Waals surface area contributed by atoms with Crippen LogP contribution in [0.3, 0.4) is 0 Å². The number of pyridine rings is 2. The molecule has 4 heterocycles. The number of nitrogens with zero attached hydrogens (tertiary/aromatic N) is 5. The molecule has 0 radical (unpaired) electrons. The summed E-state index contributed by atoms with van der Waals surface area (Å²) in [7, 11) is 0. The minimum absolute atomic E-state index is 0.132. The largest absolute Gasteiger partial charge is 0.386 e. The lowest BCUT2D eigenvalue weighted by Crippen LogP contribution is -2.60. The molecule has 0 spiro atoms. The lowest BCUT2D eigenvalue weighted by molar-refractivity contribution is -0.112. The van der Waals surface area contributed by atoms with E-state index in [9.17, 15) is 15.2 Å². The van der Waals surface area contributed by atoms with Gasteiger partial charge in [-0.25, -0.2) is 4.52 Å². The molecule has 8 heteroatoms. The fourth-order valence-electron chi connectivity index (χ4n) is 3.33. The third kappa shape index (κ3) is 3.48. The second kappa shape index (κ2) is 7.03. The number of aromatic nitrogens is 3. The topological polar surface area (TPSA) is 121 Å². The number of hydrogen-bond acceptors (Lipinski definition) is 6. The van der Waals surface area contributed by atoms with Gasteiger partial charge in [0.25, 0.3) is 0 Å². The van der Waals surface area contributed by atoms with Crippen LogP contribution in [0.5, 0.6) is 0 Å². The van der Waals surface area contributed by atoms with Gasteiger partial charge in [-0.1, -0.05) is 18.4 Å². The molecule has 1 aliphatic heterocycles. The first-order chi connectivity index (χ1) is 14.3. The number of hydrogen-bond donors (Lipinski definition) is 2. The molecule has 3 N–H and O–H groups in total. The Hall–Kier alpha value is -4.14. The van der Waals surface area contributed by atoms with E-state index in [1.807, 2.05) is 17.2 Å². The maximum atomic E-state index is 11.2. The predicted molar refractivity (Wildman–Crippen MR) is 111 cm³/mol. The fourth-order valence-corrected chi connectivity index (χ4v) is 3.33. The first-order valence-electron chi connectivity index (χ1n) is 9.13. The van der Waals surface area contributed by atoms with Crippen molar-refractivity contribution in [1.29, 1.82) is 5.26 Å². The molecule has 1 amide bonds. The molecule has 0 bridgehead atoms.